The zero-order valence-electron chi connectivity index (χ0n) is 10.0. The first-order valence-corrected chi connectivity index (χ1v) is 5.78. The van der Waals surface area contributed by atoms with Gasteiger partial charge in [-0.05, 0) is 19.8 Å². The van der Waals surface area contributed by atoms with Crippen molar-refractivity contribution in [1.29, 1.82) is 0 Å². The van der Waals surface area contributed by atoms with Crippen molar-refractivity contribution in [1.82, 2.24) is 10.2 Å². The molecule has 2 unspecified atom stereocenters. The molecule has 0 aromatic carbocycles. The van der Waals surface area contributed by atoms with Crippen molar-refractivity contribution in [2.45, 2.75) is 44.7 Å². The molecule has 1 saturated heterocycles. The second-order valence-electron chi connectivity index (χ2n) is 4.59. The Kier molecular flexibility index (Phi) is 4.73. The van der Waals surface area contributed by atoms with Crippen LogP contribution < -0.4 is 11.1 Å². The minimum absolute atomic E-state index is 0.0325. The average molecular weight is 227 g/mol. The van der Waals surface area contributed by atoms with Crippen molar-refractivity contribution >= 4 is 11.8 Å². The van der Waals surface area contributed by atoms with Crippen LogP contribution in [0.15, 0.2) is 0 Å². The highest BCUT2D eigenvalue weighted by molar-refractivity contribution is 5.78. The van der Waals surface area contributed by atoms with Crippen molar-refractivity contribution in [2.75, 3.05) is 13.6 Å². The number of likely N-dealkylation sites (N-methyl/N-ethyl adjacent to an activating group) is 1. The maximum Gasteiger partial charge on any atom is 0.222 e. The Bertz CT molecular complexity index is 266. The van der Waals surface area contributed by atoms with Crippen molar-refractivity contribution in [3.63, 3.8) is 0 Å². The number of nitrogens with one attached hydrogen (secondary N) is 1. The second kappa shape index (κ2) is 5.84. The van der Waals surface area contributed by atoms with Crippen LogP contribution in [0.4, 0.5) is 0 Å². The van der Waals surface area contributed by atoms with E-state index in [0.717, 1.165) is 6.42 Å². The molecule has 16 heavy (non-hydrogen) atoms. The van der Waals surface area contributed by atoms with Gasteiger partial charge in [-0.1, -0.05) is 0 Å². The van der Waals surface area contributed by atoms with Gasteiger partial charge in [0, 0.05) is 38.5 Å². The molecule has 0 aromatic rings. The number of piperidine rings is 1. The number of likely N-dealkylation sites (tertiary alicyclic amines) is 1. The number of hydrogen-bond acceptors (Lipinski definition) is 3. The first kappa shape index (κ1) is 13.0. The number of nitrogens with two attached hydrogens (primary N) is 1. The highest BCUT2D eigenvalue weighted by atomic mass is 16.2. The first-order chi connectivity index (χ1) is 7.49. The molecule has 1 fully saturated rings. The molecule has 1 aliphatic heterocycles. The van der Waals surface area contributed by atoms with E-state index < -0.39 is 0 Å². The summed E-state index contributed by atoms with van der Waals surface area (Å²) in [5.41, 5.74) is 5.58. The summed E-state index contributed by atoms with van der Waals surface area (Å²) in [5.74, 6) is 0.186. The lowest BCUT2D eigenvalue weighted by Gasteiger charge is -2.30. The van der Waals surface area contributed by atoms with E-state index >= 15 is 0 Å². The van der Waals surface area contributed by atoms with Gasteiger partial charge >= 0.3 is 0 Å². The molecular weight excluding hydrogens is 206 g/mol. The van der Waals surface area contributed by atoms with E-state index in [4.69, 9.17) is 5.73 Å². The van der Waals surface area contributed by atoms with Crippen molar-refractivity contribution in [3.8, 4) is 0 Å². The lowest BCUT2D eigenvalue weighted by molar-refractivity contribution is -0.134. The highest BCUT2D eigenvalue weighted by Crippen LogP contribution is 2.09. The van der Waals surface area contributed by atoms with Crippen molar-refractivity contribution < 1.29 is 9.59 Å². The Morgan fingerprint density at radius 2 is 2.38 bits per heavy atom. The standard InChI is InChI=1S/C11H21N3O2/c1-8(12)3-5-10(15)13-9-4-6-11(16)14(2)7-9/h8-9H,3-7,12H2,1-2H3,(H,13,15). The summed E-state index contributed by atoms with van der Waals surface area (Å²) in [6, 6.07) is 0.157. The van der Waals surface area contributed by atoms with Crippen LogP contribution in [0.3, 0.4) is 0 Å². The van der Waals surface area contributed by atoms with Crippen molar-refractivity contribution in [3.05, 3.63) is 0 Å². The number of hydrogen-bond donors (Lipinski definition) is 2. The van der Waals surface area contributed by atoms with Gasteiger partial charge in [0.15, 0.2) is 0 Å². The van der Waals surface area contributed by atoms with Gasteiger partial charge < -0.3 is 16.0 Å². The van der Waals surface area contributed by atoms with E-state index in [1.807, 2.05) is 6.92 Å². The van der Waals surface area contributed by atoms with Crippen LogP contribution >= 0.6 is 0 Å². The molecule has 2 amide bonds. The molecule has 5 heteroatoms. The first-order valence-electron chi connectivity index (χ1n) is 5.78. The molecule has 0 radical (unpaired) electrons. The molecule has 0 saturated carbocycles. The molecule has 1 rings (SSSR count). The molecule has 0 aromatic heterocycles. The molecule has 0 aliphatic carbocycles. The summed E-state index contributed by atoms with van der Waals surface area (Å²) in [4.78, 5) is 24.4. The van der Waals surface area contributed by atoms with E-state index in [-0.39, 0.29) is 23.9 Å². The molecule has 1 heterocycles. The van der Waals surface area contributed by atoms with Crippen LogP contribution in [0.5, 0.6) is 0 Å². The molecular formula is C11H21N3O2. The molecule has 5 nitrogen and oxygen atoms in total. The fraction of sp³-hybridized carbons (Fsp3) is 0.818. The maximum atomic E-state index is 11.5. The maximum absolute atomic E-state index is 11.5. The van der Waals surface area contributed by atoms with Gasteiger partial charge in [-0.3, -0.25) is 9.59 Å². The fourth-order valence-electron chi connectivity index (χ4n) is 1.79. The third-order valence-corrected chi connectivity index (χ3v) is 2.82. The molecule has 1 aliphatic rings. The van der Waals surface area contributed by atoms with E-state index in [2.05, 4.69) is 5.32 Å². The van der Waals surface area contributed by atoms with Gasteiger partial charge in [0.2, 0.25) is 11.8 Å². The Hall–Kier alpha value is -1.10. The molecule has 2 atom stereocenters. The predicted octanol–water partition coefficient (Wildman–Crippen LogP) is -0.149. The monoisotopic (exact) mass is 227 g/mol. The van der Waals surface area contributed by atoms with Gasteiger partial charge in [-0.25, -0.2) is 0 Å². The van der Waals surface area contributed by atoms with Crippen LogP contribution in [-0.2, 0) is 9.59 Å². The minimum Gasteiger partial charge on any atom is -0.352 e. The largest absolute Gasteiger partial charge is 0.352 e. The van der Waals surface area contributed by atoms with Crippen LogP contribution in [0.25, 0.3) is 0 Å². The third-order valence-electron chi connectivity index (χ3n) is 2.82. The van der Waals surface area contributed by atoms with E-state index in [1.54, 1.807) is 11.9 Å². The fourth-order valence-corrected chi connectivity index (χ4v) is 1.79. The summed E-state index contributed by atoms with van der Waals surface area (Å²) < 4.78 is 0. The van der Waals surface area contributed by atoms with E-state index in [1.165, 1.54) is 0 Å². The summed E-state index contributed by atoms with van der Waals surface area (Å²) >= 11 is 0. The Morgan fingerprint density at radius 3 is 2.94 bits per heavy atom. The quantitative estimate of drug-likeness (QED) is 0.701. The lowest BCUT2D eigenvalue weighted by atomic mass is 10.1. The van der Waals surface area contributed by atoms with Crippen LogP contribution in [-0.4, -0.2) is 42.4 Å². The highest BCUT2D eigenvalue weighted by Gasteiger charge is 2.23. The summed E-state index contributed by atoms with van der Waals surface area (Å²) in [7, 11) is 1.77. The number of carbonyl (C=O) groups is 2. The summed E-state index contributed by atoms with van der Waals surface area (Å²) in [6.45, 7) is 2.50. The van der Waals surface area contributed by atoms with Crippen LogP contribution in [0.2, 0.25) is 0 Å². The van der Waals surface area contributed by atoms with Gasteiger partial charge in [0.1, 0.15) is 0 Å². The normalized spacial score (nSPS) is 23.1. The lowest BCUT2D eigenvalue weighted by Crippen LogP contribution is -2.48. The number of rotatable bonds is 4. The number of amides is 2. The average Bonchev–Trinajstić information content (AvgIpc) is 2.21. The number of carbonyl (C=O) groups excluding carboxylic acids is 2. The topological polar surface area (TPSA) is 75.4 Å². The third kappa shape index (κ3) is 4.18. The smallest absolute Gasteiger partial charge is 0.222 e. The van der Waals surface area contributed by atoms with Gasteiger partial charge in [-0.15, -0.1) is 0 Å². The van der Waals surface area contributed by atoms with E-state index in [0.29, 0.717) is 25.8 Å². The second-order valence-corrected chi connectivity index (χ2v) is 4.59. The van der Waals surface area contributed by atoms with Crippen LogP contribution in [0.1, 0.15) is 32.6 Å². The predicted molar refractivity (Wildman–Crippen MR) is 61.7 cm³/mol. The van der Waals surface area contributed by atoms with E-state index in [9.17, 15) is 9.59 Å². The van der Waals surface area contributed by atoms with Crippen molar-refractivity contribution in [2.24, 2.45) is 5.73 Å². The Morgan fingerprint density at radius 1 is 1.69 bits per heavy atom. The molecule has 92 valence electrons. The molecule has 0 bridgehead atoms. The SMILES string of the molecule is CC(N)CCC(=O)NC1CCC(=O)N(C)C1. The minimum atomic E-state index is 0.0325. The molecule has 0 spiro atoms. The van der Waals surface area contributed by atoms with Gasteiger partial charge in [-0.2, -0.15) is 0 Å². The Labute approximate surface area is 96.4 Å². The Balaban J connectivity index is 2.26. The summed E-state index contributed by atoms with van der Waals surface area (Å²) in [6.07, 6.45) is 2.43. The van der Waals surface area contributed by atoms with Crippen LogP contribution in [0, 0.1) is 0 Å². The zero-order chi connectivity index (χ0) is 12.1. The van der Waals surface area contributed by atoms with Gasteiger partial charge in [0.25, 0.3) is 0 Å². The summed E-state index contributed by atoms with van der Waals surface area (Å²) in [5, 5.41) is 2.94. The molecule has 3 N–H and O–H groups in total. The number of nitrogens with zero attached hydrogens (tertiary/aromatic N) is 1. The zero-order valence-corrected chi connectivity index (χ0v) is 10.0. The van der Waals surface area contributed by atoms with Gasteiger partial charge in [0.05, 0.1) is 0 Å².